The van der Waals surface area contributed by atoms with Gasteiger partial charge in [0, 0.05) is 22.8 Å². The van der Waals surface area contributed by atoms with E-state index in [2.05, 4.69) is 4.58 Å². The van der Waals surface area contributed by atoms with Gasteiger partial charge in [-0.15, -0.1) is 4.91 Å². The molecule has 0 saturated heterocycles. The van der Waals surface area contributed by atoms with Crippen molar-refractivity contribution in [1.82, 2.24) is 8.87 Å². The number of benzene rings is 2. The van der Waals surface area contributed by atoms with Gasteiger partial charge in [-0.3, -0.25) is 0 Å². The van der Waals surface area contributed by atoms with Gasteiger partial charge in [0.2, 0.25) is 0 Å². The van der Waals surface area contributed by atoms with Crippen LogP contribution in [0.4, 0.5) is 8.78 Å². The first-order valence-corrected chi connectivity index (χ1v) is 12.1. The van der Waals surface area contributed by atoms with Gasteiger partial charge in [0.15, 0.2) is 0 Å². The second-order valence-electron chi connectivity index (χ2n) is 7.76. The molecule has 31 heavy (non-hydrogen) atoms. The lowest BCUT2D eigenvalue weighted by atomic mass is 10.1. The molecule has 2 aromatic heterocycles. The van der Waals surface area contributed by atoms with E-state index in [-0.39, 0.29) is 13.1 Å². The fourth-order valence-electron chi connectivity index (χ4n) is 3.81. The summed E-state index contributed by atoms with van der Waals surface area (Å²) in [6, 6.07) is 12.4. The highest BCUT2D eigenvalue weighted by Gasteiger charge is 2.27. The van der Waals surface area contributed by atoms with Gasteiger partial charge in [-0.1, -0.05) is 16.5 Å². The van der Waals surface area contributed by atoms with E-state index >= 15 is 0 Å². The van der Waals surface area contributed by atoms with Gasteiger partial charge in [0.05, 0.1) is 31.0 Å². The van der Waals surface area contributed by atoms with Crippen molar-refractivity contribution in [3.05, 3.63) is 77.1 Å². The Balaban J connectivity index is 1.67. The SMILES string of the molecule is CS(C)(N=O)N(Cc1ccco1)CC(O)Cn1c2ccc(F)cc2c2c(F)cccc21. The molecule has 1 N–H and O–H groups in total. The highest BCUT2D eigenvalue weighted by molar-refractivity contribution is 8.29. The summed E-state index contributed by atoms with van der Waals surface area (Å²) in [4.78, 5) is 11.5. The summed E-state index contributed by atoms with van der Waals surface area (Å²) in [6.07, 6.45) is 4.14. The number of nitrogens with zero attached hydrogens (tertiary/aromatic N) is 3. The summed E-state index contributed by atoms with van der Waals surface area (Å²) in [5, 5.41) is 11.7. The van der Waals surface area contributed by atoms with Crippen molar-refractivity contribution in [3.63, 3.8) is 0 Å². The van der Waals surface area contributed by atoms with Crippen LogP contribution >= 0.6 is 10.4 Å². The molecule has 9 heteroatoms. The quantitative estimate of drug-likeness (QED) is 0.378. The van der Waals surface area contributed by atoms with Crippen molar-refractivity contribution in [2.45, 2.75) is 19.2 Å². The van der Waals surface area contributed by atoms with E-state index in [0.29, 0.717) is 34.1 Å². The summed E-state index contributed by atoms with van der Waals surface area (Å²) in [5.74, 6) is -0.246. The molecular weight excluding hydrogens is 424 g/mol. The molecule has 0 aliphatic rings. The van der Waals surface area contributed by atoms with Crippen LogP contribution in [0.2, 0.25) is 0 Å². The van der Waals surface area contributed by atoms with Gasteiger partial charge in [0.1, 0.15) is 17.4 Å². The average molecular weight is 448 g/mol. The van der Waals surface area contributed by atoms with Crippen LogP contribution in [-0.4, -0.2) is 39.1 Å². The van der Waals surface area contributed by atoms with Gasteiger partial charge in [-0.05, 0) is 59.6 Å². The van der Waals surface area contributed by atoms with Gasteiger partial charge >= 0.3 is 0 Å². The first-order valence-electron chi connectivity index (χ1n) is 9.69. The average Bonchev–Trinajstić information content (AvgIpc) is 3.34. The van der Waals surface area contributed by atoms with Crippen molar-refractivity contribution in [3.8, 4) is 0 Å². The fourth-order valence-corrected chi connectivity index (χ4v) is 4.88. The van der Waals surface area contributed by atoms with E-state index in [9.17, 15) is 18.8 Å². The van der Waals surface area contributed by atoms with Crippen LogP contribution in [-0.2, 0) is 13.1 Å². The third-order valence-corrected chi connectivity index (χ3v) is 7.24. The standard InChI is InChI=1S/C22H23F2N3O3S/c1-31(2,25-29)26(14-17-5-4-10-30-17)12-16(28)13-27-20-9-8-15(23)11-18(20)22-19(24)6-3-7-21(22)27/h3-11,16,28H,12-14H2,1-2H3. The summed E-state index contributed by atoms with van der Waals surface area (Å²) < 4.78 is 40.7. The van der Waals surface area contributed by atoms with E-state index < -0.39 is 28.1 Å². The Labute approximate surface area is 179 Å². The lowest BCUT2D eigenvalue weighted by Gasteiger charge is -2.37. The molecule has 0 amide bonds. The van der Waals surface area contributed by atoms with Crippen LogP contribution < -0.4 is 0 Å². The zero-order valence-electron chi connectivity index (χ0n) is 17.2. The molecule has 164 valence electrons. The number of aliphatic hydroxyl groups is 1. The monoisotopic (exact) mass is 447 g/mol. The van der Waals surface area contributed by atoms with Crippen molar-refractivity contribution >= 4 is 32.2 Å². The minimum absolute atomic E-state index is 0.137. The Kier molecular flexibility index (Phi) is 5.83. The predicted molar refractivity (Wildman–Crippen MR) is 120 cm³/mol. The first kappa shape index (κ1) is 21.5. The number of rotatable bonds is 8. The molecule has 0 spiro atoms. The smallest absolute Gasteiger partial charge is 0.133 e. The van der Waals surface area contributed by atoms with Gasteiger partial charge in [-0.25, -0.2) is 13.1 Å². The molecule has 1 atom stereocenters. The van der Waals surface area contributed by atoms with Crippen LogP contribution in [0.3, 0.4) is 0 Å². The fraction of sp³-hybridized carbons (Fsp3) is 0.273. The zero-order chi connectivity index (χ0) is 22.2. The van der Waals surface area contributed by atoms with Gasteiger partial charge in [0.25, 0.3) is 0 Å². The molecule has 2 aromatic carbocycles. The van der Waals surface area contributed by atoms with Crippen molar-refractivity contribution in [2.75, 3.05) is 19.1 Å². The van der Waals surface area contributed by atoms with Crippen LogP contribution in [0, 0.1) is 16.5 Å². The third-order valence-electron chi connectivity index (χ3n) is 5.34. The van der Waals surface area contributed by atoms with E-state index in [4.69, 9.17) is 4.42 Å². The Morgan fingerprint density at radius 1 is 1.16 bits per heavy atom. The maximum Gasteiger partial charge on any atom is 0.133 e. The number of hydrogen-bond acceptors (Lipinski definition) is 5. The molecule has 0 bridgehead atoms. The summed E-state index contributed by atoms with van der Waals surface area (Å²) >= 11 is 0. The number of halogens is 2. The van der Waals surface area contributed by atoms with Crippen LogP contribution in [0.25, 0.3) is 21.8 Å². The number of aliphatic hydroxyl groups excluding tert-OH is 1. The predicted octanol–water partition coefficient (Wildman–Crippen LogP) is 5.19. The van der Waals surface area contributed by atoms with Crippen molar-refractivity contribution in [1.29, 1.82) is 0 Å². The largest absolute Gasteiger partial charge is 0.468 e. The Morgan fingerprint density at radius 2 is 1.97 bits per heavy atom. The van der Waals surface area contributed by atoms with E-state index in [1.165, 1.54) is 18.2 Å². The molecule has 6 nitrogen and oxygen atoms in total. The molecule has 1 unspecified atom stereocenters. The molecule has 4 rings (SSSR count). The van der Waals surface area contributed by atoms with E-state index in [0.717, 1.165) is 0 Å². The minimum Gasteiger partial charge on any atom is -0.468 e. The summed E-state index contributed by atoms with van der Waals surface area (Å²) in [5.41, 5.74) is 1.19. The number of hydrogen-bond donors (Lipinski definition) is 1. The minimum atomic E-state index is -2.04. The van der Waals surface area contributed by atoms with Gasteiger partial charge in [-0.2, -0.15) is 0 Å². The maximum atomic E-state index is 14.6. The normalized spacial score (nSPS) is 13.9. The number of fused-ring (bicyclic) bond motifs is 3. The third kappa shape index (κ3) is 4.21. The summed E-state index contributed by atoms with van der Waals surface area (Å²) in [7, 11) is -2.04. The molecule has 2 heterocycles. The first-order chi connectivity index (χ1) is 14.8. The van der Waals surface area contributed by atoms with Crippen LogP contribution in [0.1, 0.15) is 5.76 Å². The number of furan rings is 1. The molecular formula is C22H23F2N3O3S. The number of nitroso groups, excluding NO2 is 1. The Bertz CT molecular complexity index is 1220. The highest BCUT2D eigenvalue weighted by atomic mass is 32.3. The van der Waals surface area contributed by atoms with Crippen molar-refractivity contribution in [2.24, 2.45) is 4.58 Å². The molecule has 0 fully saturated rings. The zero-order valence-corrected chi connectivity index (χ0v) is 18.0. The second kappa shape index (κ2) is 8.41. The van der Waals surface area contributed by atoms with Crippen LogP contribution in [0.15, 0.2) is 63.8 Å². The Morgan fingerprint density at radius 3 is 2.68 bits per heavy atom. The van der Waals surface area contributed by atoms with Gasteiger partial charge < -0.3 is 14.1 Å². The lowest BCUT2D eigenvalue weighted by Crippen LogP contribution is -2.35. The van der Waals surface area contributed by atoms with E-state index in [1.54, 1.807) is 58.0 Å². The number of aromatic nitrogens is 1. The van der Waals surface area contributed by atoms with Crippen LogP contribution in [0.5, 0.6) is 0 Å². The van der Waals surface area contributed by atoms with Crippen molar-refractivity contribution < 1.29 is 18.3 Å². The lowest BCUT2D eigenvalue weighted by molar-refractivity contribution is 0.129. The molecule has 0 aliphatic carbocycles. The highest BCUT2D eigenvalue weighted by Crippen LogP contribution is 2.46. The van der Waals surface area contributed by atoms with E-state index in [1.807, 2.05) is 0 Å². The maximum absolute atomic E-state index is 14.6. The molecule has 4 aromatic rings. The summed E-state index contributed by atoms with van der Waals surface area (Å²) in [6.45, 7) is 0.621. The molecule has 0 radical (unpaired) electrons. The topological polar surface area (TPSA) is 71.0 Å². The molecule has 0 saturated carbocycles. The second-order valence-corrected chi connectivity index (χ2v) is 10.9. The Hall–Kier alpha value is -2.75. The molecule has 0 aliphatic heterocycles.